The molecule has 0 aromatic carbocycles. The van der Waals surface area contributed by atoms with E-state index in [0.717, 1.165) is 18.9 Å². The van der Waals surface area contributed by atoms with E-state index in [-0.39, 0.29) is 0 Å². The van der Waals surface area contributed by atoms with Gasteiger partial charge in [0.25, 0.3) is 0 Å². The molecule has 0 bridgehead atoms. The molecule has 4 heteroatoms. The van der Waals surface area contributed by atoms with Crippen molar-refractivity contribution in [2.75, 3.05) is 13.7 Å². The molecule has 1 aliphatic carbocycles. The van der Waals surface area contributed by atoms with Crippen LogP contribution in [0, 0.1) is 5.92 Å². The van der Waals surface area contributed by atoms with Crippen LogP contribution >= 0.6 is 11.3 Å². The quantitative estimate of drug-likeness (QED) is 0.833. The second-order valence-electron chi connectivity index (χ2n) is 5.39. The zero-order valence-electron chi connectivity index (χ0n) is 12.1. The van der Waals surface area contributed by atoms with Crippen LogP contribution in [0.15, 0.2) is 11.7 Å². The van der Waals surface area contributed by atoms with E-state index in [1.807, 2.05) is 11.7 Å². The maximum absolute atomic E-state index is 6.10. The minimum Gasteiger partial charge on any atom is -0.377 e. The first-order valence-corrected chi connectivity index (χ1v) is 8.39. The van der Waals surface area contributed by atoms with Crippen molar-refractivity contribution >= 4 is 11.3 Å². The topological polar surface area (TPSA) is 34.1 Å². The molecule has 2 rings (SSSR count). The summed E-state index contributed by atoms with van der Waals surface area (Å²) in [5, 5.41) is 3.48. The highest BCUT2D eigenvalue weighted by molar-refractivity contribution is 7.09. The zero-order valence-corrected chi connectivity index (χ0v) is 12.9. The maximum atomic E-state index is 6.10. The van der Waals surface area contributed by atoms with Gasteiger partial charge in [-0.15, -0.1) is 11.3 Å². The van der Waals surface area contributed by atoms with Crippen LogP contribution in [-0.4, -0.2) is 30.8 Å². The number of likely N-dealkylation sites (N-methyl/N-ethyl adjacent to an activating group) is 1. The first kappa shape index (κ1) is 14.9. The van der Waals surface area contributed by atoms with Crippen LogP contribution in [0.4, 0.5) is 0 Å². The number of hydrogen-bond acceptors (Lipinski definition) is 4. The van der Waals surface area contributed by atoms with Gasteiger partial charge in [0, 0.05) is 30.1 Å². The van der Waals surface area contributed by atoms with E-state index >= 15 is 0 Å². The zero-order chi connectivity index (χ0) is 13.5. The normalized spacial score (nSPS) is 20.3. The van der Waals surface area contributed by atoms with Crippen molar-refractivity contribution in [3.8, 4) is 0 Å². The van der Waals surface area contributed by atoms with Crippen molar-refractivity contribution in [1.82, 2.24) is 10.3 Å². The molecule has 1 N–H and O–H groups in total. The van der Waals surface area contributed by atoms with E-state index < -0.39 is 0 Å². The summed E-state index contributed by atoms with van der Waals surface area (Å²) in [7, 11) is 2.06. The summed E-state index contributed by atoms with van der Waals surface area (Å²) < 4.78 is 6.10. The molecule has 19 heavy (non-hydrogen) atoms. The third-order valence-corrected chi connectivity index (χ3v) is 4.95. The van der Waals surface area contributed by atoms with Crippen molar-refractivity contribution in [2.45, 2.75) is 57.6 Å². The Balaban J connectivity index is 2.01. The predicted octanol–water partition coefficient (Wildman–Crippen LogP) is 3.26. The Morgan fingerprint density at radius 2 is 2.21 bits per heavy atom. The molecule has 1 aromatic heterocycles. The fourth-order valence-electron chi connectivity index (χ4n) is 3.18. The Labute approximate surface area is 120 Å². The molecule has 0 radical (unpaired) electrons. The van der Waals surface area contributed by atoms with Gasteiger partial charge in [-0.05, 0) is 32.7 Å². The lowest BCUT2D eigenvalue weighted by atomic mass is 9.81. The van der Waals surface area contributed by atoms with Gasteiger partial charge in [-0.3, -0.25) is 4.98 Å². The lowest BCUT2D eigenvalue weighted by molar-refractivity contribution is -0.0157. The first-order chi connectivity index (χ1) is 9.35. The molecule has 0 amide bonds. The van der Waals surface area contributed by atoms with Crippen LogP contribution < -0.4 is 5.32 Å². The van der Waals surface area contributed by atoms with Crippen LogP contribution in [0.2, 0.25) is 0 Å². The number of rotatable bonds is 7. The van der Waals surface area contributed by atoms with Crippen LogP contribution in [0.1, 0.15) is 43.9 Å². The molecule has 3 nitrogen and oxygen atoms in total. The Hall–Kier alpha value is -0.450. The van der Waals surface area contributed by atoms with Gasteiger partial charge >= 0.3 is 0 Å². The van der Waals surface area contributed by atoms with Gasteiger partial charge < -0.3 is 10.1 Å². The van der Waals surface area contributed by atoms with E-state index in [1.54, 1.807) is 11.3 Å². The van der Waals surface area contributed by atoms with Gasteiger partial charge in [-0.2, -0.15) is 0 Å². The summed E-state index contributed by atoms with van der Waals surface area (Å²) in [6, 6.07) is 0.406. The monoisotopic (exact) mass is 282 g/mol. The van der Waals surface area contributed by atoms with Crippen molar-refractivity contribution in [3.63, 3.8) is 0 Å². The second-order valence-corrected chi connectivity index (χ2v) is 6.36. The molecular weight excluding hydrogens is 256 g/mol. The van der Waals surface area contributed by atoms with E-state index in [4.69, 9.17) is 4.74 Å². The van der Waals surface area contributed by atoms with Gasteiger partial charge in [-0.25, -0.2) is 0 Å². The summed E-state index contributed by atoms with van der Waals surface area (Å²) in [6.45, 7) is 2.91. The molecule has 0 spiro atoms. The number of thiazole rings is 1. The number of hydrogen-bond donors (Lipinski definition) is 1. The molecule has 1 fully saturated rings. The summed E-state index contributed by atoms with van der Waals surface area (Å²) >= 11 is 1.74. The molecule has 2 unspecified atom stereocenters. The lowest BCUT2D eigenvalue weighted by Crippen LogP contribution is -2.46. The minimum atomic E-state index is 0.345. The molecule has 0 aliphatic heterocycles. The Kier molecular flexibility index (Phi) is 6.28. The van der Waals surface area contributed by atoms with Gasteiger partial charge in [0.05, 0.1) is 11.6 Å². The van der Waals surface area contributed by atoms with Gasteiger partial charge in [0.1, 0.15) is 0 Å². The summed E-state index contributed by atoms with van der Waals surface area (Å²) in [4.78, 5) is 5.52. The van der Waals surface area contributed by atoms with Crippen LogP contribution in [0.3, 0.4) is 0 Å². The number of aromatic nitrogens is 1. The van der Waals surface area contributed by atoms with Crippen LogP contribution in [0.5, 0.6) is 0 Å². The van der Waals surface area contributed by atoms with Crippen molar-refractivity contribution in [1.29, 1.82) is 0 Å². The van der Waals surface area contributed by atoms with E-state index in [0.29, 0.717) is 12.1 Å². The molecule has 1 heterocycles. The van der Waals surface area contributed by atoms with E-state index in [2.05, 4.69) is 24.3 Å². The summed E-state index contributed by atoms with van der Waals surface area (Å²) in [6.07, 6.45) is 10.1. The first-order valence-electron chi connectivity index (χ1n) is 7.51. The van der Waals surface area contributed by atoms with Gasteiger partial charge in [-0.1, -0.05) is 19.3 Å². The van der Waals surface area contributed by atoms with Crippen molar-refractivity contribution in [2.24, 2.45) is 5.92 Å². The SMILES string of the molecule is CCOC(C1CCCCC1)C(Cc1cncs1)NC. The third-order valence-electron chi connectivity index (χ3n) is 4.15. The van der Waals surface area contributed by atoms with Crippen molar-refractivity contribution in [3.05, 3.63) is 16.6 Å². The summed E-state index contributed by atoms with van der Waals surface area (Å²) in [5.74, 6) is 0.721. The standard InChI is InChI=1S/C15H26N2OS/c1-3-18-15(12-7-5-4-6-8-12)14(16-2)9-13-10-17-11-19-13/h10-12,14-16H,3-9H2,1-2H3. The number of nitrogens with zero attached hydrogens (tertiary/aromatic N) is 1. The molecular formula is C15H26N2OS. The number of nitrogens with one attached hydrogen (secondary N) is 1. The fraction of sp³-hybridized carbons (Fsp3) is 0.800. The smallest absolute Gasteiger partial charge is 0.0794 e. The minimum absolute atomic E-state index is 0.345. The Bertz CT molecular complexity index is 336. The fourth-order valence-corrected chi connectivity index (χ4v) is 3.83. The molecule has 1 saturated carbocycles. The molecule has 1 aromatic rings. The van der Waals surface area contributed by atoms with E-state index in [1.165, 1.54) is 37.0 Å². The largest absolute Gasteiger partial charge is 0.377 e. The highest BCUT2D eigenvalue weighted by Crippen LogP contribution is 2.30. The van der Waals surface area contributed by atoms with Gasteiger partial charge in [0.2, 0.25) is 0 Å². The van der Waals surface area contributed by atoms with Crippen LogP contribution in [0.25, 0.3) is 0 Å². The maximum Gasteiger partial charge on any atom is 0.0794 e. The lowest BCUT2D eigenvalue weighted by Gasteiger charge is -2.35. The molecule has 0 saturated heterocycles. The average Bonchev–Trinajstić information content (AvgIpc) is 2.96. The Morgan fingerprint density at radius 1 is 1.42 bits per heavy atom. The second kappa shape index (κ2) is 7.98. The van der Waals surface area contributed by atoms with Crippen molar-refractivity contribution < 1.29 is 4.74 Å². The highest BCUT2D eigenvalue weighted by Gasteiger charge is 2.30. The molecule has 2 atom stereocenters. The summed E-state index contributed by atoms with van der Waals surface area (Å²) in [5.41, 5.74) is 1.92. The molecule has 108 valence electrons. The van der Waals surface area contributed by atoms with E-state index in [9.17, 15) is 0 Å². The van der Waals surface area contributed by atoms with Gasteiger partial charge in [0.15, 0.2) is 0 Å². The third kappa shape index (κ3) is 4.26. The number of ether oxygens (including phenoxy) is 1. The molecule has 1 aliphatic rings. The van der Waals surface area contributed by atoms with Crippen LogP contribution in [-0.2, 0) is 11.2 Å². The predicted molar refractivity (Wildman–Crippen MR) is 80.7 cm³/mol. The average molecular weight is 282 g/mol. The Morgan fingerprint density at radius 3 is 2.79 bits per heavy atom. The highest BCUT2D eigenvalue weighted by atomic mass is 32.1.